The monoisotopic (exact) mass is 354 g/mol. The molecule has 0 atom stereocenters. The van der Waals surface area contributed by atoms with Crippen LogP contribution in [0.2, 0.25) is 5.02 Å². The van der Waals surface area contributed by atoms with E-state index in [1.165, 1.54) is 35.6 Å². The minimum atomic E-state index is -3.54. The van der Waals surface area contributed by atoms with Gasteiger partial charge in [0.1, 0.15) is 0 Å². The van der Waals surface area contributed by atoms with Gasteiger partial charge in [-0.2, -0.15) is 0 Å². The van der Waals surface area contributed by atoms with E-state index in [0.29, 0.717) is 10.6 Å². The summed E-state index contributed by atoms with van der Waals surface area (Å²) in [5.74, 6) is -0.220. The molecule has 2 aromatic carbocycles. The standard InChI is InChI=1S/C15H15ClN2O4S/c1-17(10-13-3-2-4-14(16)9-13)23(21,22)11-12-5-7-15(8-6-12)18(19)20/h2-9H,10-11H2,1H3. The molecule has 0 heterocycles. The predicted octanol–water partition coefficient (Wildman–Crippen LogP) is 3.21. The summed E-state index contributed by atoms with van der Waals surface area (Å²) in [5.41, 5.74) is 1.21. The summed E-state index contributed by atoms with van der Waals surface area (Å²) in [6, 6.07) is 12.5. The van der Waals surface area contributed by atoms with Crippen LogP contribution in [0.1, 0.15) is 11.1 Å². The van der Waals surface area contributed by atoms with Crippen LogP contribution in [0.25, 0.3) is 0 Å². The van der Waals surface area contributed by atoms with Gasteiger partial charge in [0, 0.05) is 30.7 Å². The number of nitro benzene ring substituents is 1. The third-order valence-corrected chi connectivity index (χ3v) is 5.28. The molecule has 2 aromatic rings. The molecule has 0 aliphatic rings. The van der Waals surface area contributed by atoms with E-state index in [1.807, 2.05) is 0 Å². The number of nitro groups is 1. The predicted molar refractivity (Wildman–Crippen MR) is 88.6 cm³/mol. The van der Waals surface area contributed by atoms with Gasteiger partial charge in [-0.3, -0.25) is 10.1 Å². The van der Waals surface area contributed by atoms with E-state index in [9.17, 15) is 18.5 Å². The number of hydrogen-bond acceptors (Lipinski definition) is 4. The van der Waals surface area contributed by atoms with Gasteiger partial charge in [-0.25, -0.2) is 12.7 Å². The number of nitrogens with zero attached hydrogens (tertiary/aromatic N) is 2. The summed E-state index contributed by atoms with van der Waals surface area (Å²) < 4.78 is 26.0. The first-order valence-electron chi connectivity index (χ1n) is 6.70. The molecule has 0 amide bonds. The molecular formula is C15H15ClN2O4S. The topological polar surface area (TPSA) is 80.5 Å². The highest BCUT2D eigenvalue weighted by molar-refractivity contribution is 7.88. The Balaban J connectivity index is 2.09. The fraction of sp³-hybridized carbons (Fsp3) is 0.200. The first kappa shape index (κ1) is 17.4. The lowest BCUT2D eigenvalue weighted by molar-refractivity contribution is -0.384. The van der Waals surface area contributed by atoms with E-state index in [2.05, 4.69) is 0 Å². The summed E-state index contributed by atoms with van der Waals surface area (Å²) in [6.45, 7) is 0.204. The van der Waals surface area contributed by atoms with Crippen LogP contribution in [0.3, 0.4) is 0 Å². The summed E-state index contributed by atoms with van der Waals surface area (Å²) in [4.78, 5) is 10.1. The third kappa shape index (κ3) is 4.75. The first-order chi connectivity index (χ1) is 10.8. The molecule has 6 nitrogen and oxygen atoms in total. The molecule has 0 aliphatic heterocycles. The van der Waals surface area contributed by atoms with Crippen molar-refractivity contribution in [3.8, 4) is 0 Å². The van der Waals surface area contributed by atoms with Gasteiger partial charge < -0.3 is 0 Å². The van der Waals surface area contributed by atoms with Gasteiger partial charge in [-0.15, -0.1) is 0 Å². The molecule has 0 radical (unpaired) electrons. The van der Waals surface area contributed by atoms with Crippen LogP contribution in [0, 0.1) is 10.1 Å². The van der Waals surface area contributed by atoms with E-state index in [1.54, 1.807) is 24.3 Å². The molecule has 23 heavy (non-hydrogen) atoms. The van der Waals surface area contributed by atoms with Gasteiger partial charge in [-0.1, -0.05) is 35.9 Å². The molecule has 0 aromatic heterocycles. The van der Waals surface area contributed by atoms with Crippen molar-refractivity contribution in [1.82, 2.24) is 4.31 Å². The number of halogens is 1. The second kappa shape index (κ2) is 7.08. The molecule has 122 valence electrons. The molecular weight excluding hydrogens is 340 g/mol. The number of hydrogen-bond donors (Lipinski definition) is 0. The van der Waals surface area contributed by atoms with E-state index in [0.717, 1.165) is 5.56 Å². The van der Waals surface area contributed by atoms with Crippen molar-refractivity contribution >= 4 is 27.3 Å². The zero-order valence-electron chi connectivity index (χ0n) is 12.3. The van der Waals surface area contributed by atoms with Crippen LogP contribution < -0.4 is 0 Å². The molecule has 0 fully saturated rings. The van der Waals surface area contributed by atoms with Crippen molar-refractivity contribution in [2.75, 3.05) is 7.05 Å². The normalized spacial score (nSPS) is 11.6. The Morgan fingerprint density at radius 2 is 1.78 bits per heavy atom. The molecule has 0 spiro atoms. The maximum atomic E-state index is 12.4. The molecule has 8 heteroatoms. The summed E-state index contributed by atoms with van der Waals surface area (Å²) >= 11 is 5.89. The molecule has 0 bridgehead atoms. The molecule has 0 saturated heterocycles. The highest BCUT2D eigenvalue weighted by Crippen LogP contribution is 2.18. The van der Waals surface area contributed by atoms with Gasteiger partial charge in [0.2, 0.25) is 10.0 Å². The molecule has 0 N–H and O–H groups in total. The van der Waals surface area contributed by atoms with Gasteiger partial charge in [-0.05, 0) is 23.3 Å². The van der Waals surface area contributed by atoms with E-state index < -0.39 is 14.9 Å². The van der Waals surface area contributed by atoms with Crippen molar-refractivity contribution in [2.45, 2.75) is 12.3 Å². The second-order valence-electron chi connectivity index (χ2n) is 5.07. The number of non-ortho nitro benzene ring substituents is 1. The van der Waals surface area contributed by atoms with Gasteiger partial charge in [0.15, 0.2) is 0 Å². The van der Waals surface area contributed by atoms with Crippen molar-refractivity contribution in [2.24, 2.45) is 0 Å². The Morgan fingerprint density at radius 3 is 2.35 bits per heavy atom. The van der Waals surface area contributed by atoms with Crippen LogP contribution in [0.5, 0.6) is 0 Å². The number of rotatable bonds is 6. The Hall–Kier alpha value is -1.96. The minimum Gasteiger partial charge on any atom is -0.258 e. The summed E-state index contributed by atoms with van der Waals surface area (Å²) in [5, 5.41) is 11.1. The maximum Gasteiger partial charge on any atom is 0.269 e. The third-order valence-electron chi connectivity index (χ3n) is 3.27. The first-order valence-corrected chi connectivity index (χ1v) is 8.68. The van der Waals surface area contributed by atoms with Crippen molar-refractivity contribution in [3.05, 3.63) is 74.8 Å². The maximum absolute atomic E-state index is 12.4. The molecule has 0 aliphatic carbocycles. The fourth-order valence-electron chi connectivity index (χ4n) is 2.03. The highest BCUT2D eigenvalue weighted by Gasteiger charge is 2.19. The summed E-state index contributed by atoms with van der Waals surface area (Å²) in [7, 11) is -2.05. The molecule has 0 unspecified atom stereocenters. The van der Waals surface area contributed by atoms with Crippen LogP contribution >= 0.6 is 11.6 Å². The van der Waals surface area contributed by atoms with Gasteiger partial charge in [0.25, 0.3) is 5.69 Å². The van der Waals surface area contributed by atoms with E-state index in [4.69, 9.17) is 11.6 Å². The zero-order valence-corrected chi connectivity index (χ0v) is 13.9. The Bertz CT molecular complexity index is 806. The SMILES string of the molecule is CN(Cc1cccc(Cl)c1)S(=O)(=O)Cc1ccc([N+](=O)[O-])cc1. The lowest BCUT2D eigenvalue weighted by Crippen LogP contribution is -2.27. The number of sulfonamides is 1. The van der Waals surface area contributed by atoms with Gasteiger partial charge in [0.05, 0.1) is 10.7 Å². The lowest BCUT2D eigenvalue weighted by Gasteiger charge is -2.17. The van der Waals surface area contributed by atoms with Crippen molar-refractivity contribution in [3.63, 3.8) is 0 Å². The minimum absolute atomic E-state index is 0.0709. The van der Waals surface area contributed by atoms with E-state index >= 15 is 0 Å². The fourth-order valence-corrected chi connectivity index (χ4v) is 3.42. The van der Waals surface area contributed by atoms with E-state index in [-0.39, 0.29) is 18.0 Å². The Kier molecular flexibility index (Phi) is 5.35. The second-order valence-corrected chi connectivity index (χ2v) is 7.58. The van der Waals surface area contributed by atoms with Crippen molar-refractivity contribution in [1.29, 1.82) is 0 Å². The number of benzene rings is 2. The van der Waals surface area contributed by atoms with Crippen LogP contribution in [0.15, 0.2) is 48.5 Å². The van der Waals surface area contributed by atoms with Crippen molar-refractivity contribution < 1.29 is 13.3 Å². The molecule has 2 rings (SSSR count). The smallest absolute Gasteiger partial charge is 0.258 e. The molecule has 0 saturated carbocycles. The highest BCUT2D eigenvalue weighted by atomic mass is 35.5. The largest absolute Gasteiger partial charge is 0.269 e. The zero-order chi connectivity index (χ0) is 17.0. The summed E-state index contributed by atoms with van der Waals surface area (Å²) in [6.07, 6.45) is 0. The van der Waals surface area contributed by atoms with Gasteiger partial charge >= 0.3 is 0 Å². The van der Waals surface area contributed by atoms with Crippen LogP contribution in [-0.2, 0) is 22.3 Å². The average molecular weight is 355 g/mol. The Morgan fingerprint density at radius 1 is 1.13 bits per heavy atom. The Labute approximate surface area is 139 Å². The van der Waals surface area contributed by atoms with Crippen LogP contribution in [-0.4, -0.2) is 24.7 Å². The average Bonchev–Trinajstić information content (AvgIpc) is 2.47. The lowest BCUT2D eigenvalue weighted by atomic mass is 10.2. The quantitative estimate of drug-likeness (QED) is 0.589. The van der Waals surface area contributed by atoms with Crippen LogP contribution in [0.4, 0.5) is 5.69 Å².